The van der Waals surface area contributed by atoms with Crippen LogP contribution in [-0.4, -0.2) is 34.0 Å². The van der Waals surface area contributed by atoms with Crippen LogP contribution in [0.1, 0.15) is 18.7 Å². The van der Waals surface area contributed by atoms with E-state index in [4.69, 9.17) is 9.26 Å². The van der Waals surface area contributed by atoms with Gasteiger partial charge in [-0.15, -0.1) is 0 Å². The second-order valence-electron chi connectivity index (χ2n) is 8.47. The fraction of sp³-hybridized carbons (Fsp3) is 0.222. The summed E-state index contributed by atoms with van der Waals surface area (Å²) < 4.78 is 12.4. The lowest BCUT2D eigenvalue weighted by Crippen LogP contribution is -2.37. The van der Waals surface area contributed by atoms with Crippen LogP contribution in [0.25, 0.3) is 11.4 Å². The molecule has 0 saturated carbocycles. The standard InChI is InChI=1S/C27H25BrN4O3/c28-21-8-6-7-20(17-21)26-30-25(35-31-26)18-32-15-13-19(14-16-32)27(33)29-23-11-4-5-12-24(23)34-22-9-2-1-3-10-22/h1-12,17,19H,13-16,18H2,(H,29,33). The van der Waals surface area contributed by atoms with Crippen molar-refractivity contribution in [3.8, 4) is 22.9 Å². The van der Waals surface area contributed by atoms with Gasteiger partial charge in [0.1, 0.15) is 5.75 Å². The number of benzene rings is 3. The van der Waals surface area contributed by atoms with E-state index in [9.17, 15) is 4.79 Å². The topological polar surface area (TPSA) is 80.5 Å². The maximum absolute atomic E-state index is 13.0. The maximum Gasteiger partial charge on any atom is 0.241 e. The molecule has 1 fully saturated rings. The van der Waals surface area contributed by atoms with Gasteiger partial charge in [0.25, 0.3) is 0 Å². The average Bonchev–Trinajstić information content (AvgIpc) is 3.35. The second-order valence-corrected chi connectivity index (χ2v) is 9.39. The molecule has 0 spiro atoms. The third-order valence-electron chi connectivity index (χ3n) is 5.98. The Morgan fingerprint density at radius 3 is 2.60 bits per heavy atom. The predicted molar refractivity (Wildman–Crippen MR) is 137 cm³/mol. The zero-order valence-electron chi connectivity index (χ0n) is 19.1. The Morgan fingerprint density at radius 2 is 1.80 bits per heavy atom. The highest BCUT2D eigenvalue weighted by molar-refractivity contribution is 9.10. The number of anilines is 1. The molecule has 1 aliphatic rings. The minimum Gasteiger partial charge on any atom is -0.455 e. The number of amides is 1. The van der Waals surface area contributed by atoms with Crippen LogP contribution in [0, 0.1) is 5.92 Å². The summed E-state index contributed by atoms with van der Waals surface area (Å²) in [5.41, 5.74) is 1.58. The van der Waals surface area contributed by atoms with Crippen molar-refractivity contribution in [2.24, 2.45) is 5.92 Å². The monoisotopic (exact) mass is 532 g/mol. The molecule has 1 aliphatic heterocycles. The van der Waals surface area contributed by atoms with Crippen LogP contribution in [0.3, 0.4) is 0 Å². The number of halogens is 1. The molecule has 8 heteroatoms. The Kier molecular flexibility index (Phi) is 7.20. The molecule has 0 atom stereocenters. The number of carbonyl (C=O) groups excluding carboxylic acids is 1. The highest BCUT2D eigenvalue weighted by atomic mass is 79.9. The molecule has 0 bridgehead atoms. The van der Waals surface area contributed by atoms with Crippen LogP contribution in [0.15, 0.2) is 87.9 Å². The fourth-order valence-electron chi connectivity index (χ4n) is 4.12. The van der Waals surface area contributed by atoms with Crippen LogP contribution in [0.4, 0.5) is 5.69 Å². The summed E-state index contributed by atoms with van der Waals surface area (Å²) in [7, 11) is 0. The van der Waals surface area contributed by atoms with Gasteiger partial charge in [-0.25, -0.2) is 0 Å². The third-order valence-corrected chi connectivity index (χ3v) is 6.48. The van der Waals surface area contributed by atoms with E-state index in [1.165, 1.54) is 0 Å². The lowest BCUT2D eigenvalue weighted by molar-refractivity contribution is -0.121. The lowest BCUT2D eigenvalue weighted by Gasteiger charge is -2.30. The second kappa shape index (κ2) is 10.8. The van der Waals surface area contributed by atoms with Crippen LogP contribution < -0.4 is 10.1 Å². The first-order chi connectivity index (χ1) is 17.1. The van der Waals surface area contributed by atoms with E-state index >= 15 is 0 Å². The van der Waals surface area contributed by atoms with Gasteiger partial charge < -0.3 is 14.6 Å². The highest BCUT2D eigenvalue weighted by Gasteiger charge is 2.26. The van der Waals surface area contributed by atoms with Crippen molar-refractivity contribution in [2.75, 3.05) is 18.4 Å². The summed E-state index contributed by atoms with van der Waals surface area (Å²) in [6.07, 6.45) is 1.53. The number of likely N-dealkylation sites (tertiary alicyclic amines) is 1. The first-order valence-corrected chi connectivity index (χ1v) is 12.4. The van der Waals surface area contributed by atoms with E-state index in [0.717, 1.165) is 41.7 Å². The predicted octanol–water partition coefficient (Wildman–Crippen LogP) is 6.14. The van der Waals surface area contributed by atoms with Gasteiger partial charge in [0.05, 0.1) is 12.2 Å². The van der Waals surface area contributed by atoms with Crippen molar-refractivity contribution in [2.45, 2.75) is 19.4 Å². The molecule has 178 valence electrons. The normalized spacial score (nSPS) is 14.5. The number of hydrogen-bond acceptors (Lipinski definition) is 6. The Balaban J connectivity index is 1.15. The summed E-state index contributed by atoms with van der Waals surface area (Å²) in [6.45, 7) is 2.15. The van der Waals surface area contributed by atoms with Crippen LogP contribution >= 0.6 is 15.9 Å². The minimum atomic E-state index is -0.0593. The molecule has 3 aromatic carbocycles. The van der Waals surface area contributed by atoms with Crippen LogP contribution in [-0.2, 0) is 11.3 Å². The van der Waals surface area contributed by atoms with Crippen LogP contribution in [0.2, 0.25) is 0 Å². The largest absolute Gasteiger partial charge is 0.455 e. The minimum absolute atomic E-state index is 0.0171. The molecular weight excluding hydrogens is 508 g/mol. The first-order valence-electron chi connectivity index (χ1n) is 11.6. The van der Waals surface area contributed by atoms with Gasteiger partial charge in [-0.2, -0.15) is 4.98 Å². The van der Waals surface area contributed by atoms with E-state index in [1.807, 2.05) is 78.9 Å². The SMILES string of the molecule is O=C(Nc1ccccc1Oc1ccccc1)C1CCN(Cc2nc(-c3cccc(Br)c3)no2)CC1. The Morgan fingerprint density at radius 1 is 1.03 bits per heavy atom. The number of rotatable bonds is 7. The summed E-state index contributed by atoms with van der Waals surface area (Å²) in [4.78, 5) is 19.8. The molecule has 1 N–H and O–H groups in total. The van der Waals surface area contributed by atoms with Gasteiger partial charge in [-0.05, 0) is 62.3 Å². The van der Waals surface area contributed by atoms with E-state index in [1.54, 1.807) is 0 Å². The average molecular weight is 533 g/mol. The molecule has 7 nitrogen and oxygen atoms in total. The molecule has 2 heterocycles. The quantitative estimate of drug-likeness (QED) is 0.307. The van der Waals surface area contributed by atoms with Gasteiger partial charge in [0.15, 0.2) is 5.75 Å². The number of para-hydroxylation sites is 3. The van der Waals surface area contributed by atoms with Gasteiger partial charge >= 0.3 is 0 Å². The third kappa shape index (κ3) is 5.96. The number of ether oxygens (including phenoxy) is 1. The number of carbonyl (C=O) groups is 1. The molecule has 5 rings (SSSR count). The number of aromatic nitrogens is 2. The van der Waals surface area contributed by atoms with Gasteiger partial charge in [-0.3, -0.25) is 9.69 Å². The Hall–Kier alpha value is -3.49. The van der Waals surface area contributed by atoms with Crippen molar-refractivity contribution in [3.05, 3.63) is 89.2 Å². The molecular formula is C27H25BrN4O3. The number of hydrogen-bond donors (Lipinski definition) is 1. The number of piperidine rings is 1. The molecule has 35 heavy (non-hydrogen) atoms. The highest BCUT2D eigenvalue weighted by Crippen LogP contribution is 2.30. The molecule has 4 aromatic rings. The van der Waals surface area contributed by atoms with Gasteiger partial charge in [0, 0.05) is 16.0 Å². The number of nitrogens with zero attached hydrogens (tertiary/aromatic N) is 3. The fourth-order valence-corrected chi connectivity index (χ4v) is 4.52. The van der Waals surface area contributed by atoms with Crippen LogP contribution in [0.5, 0.6) is 11.5 Å². The van der Waals surface area contributed by atoms with E-state index in [2.05, 4.69) is 36.3 Å². The van der Waals surface area contributed by atoms with Crippen molar-refractivity contribution in [1.29, 1.82) is 0 Å². The van der Waals surface area contributed by atoms with Crippen molar-refractivity contribution in [3.63, 3.8) is 0 Å². The van der Waals surface area contributed by atoms with Crippen molar-refractivity contribution < 1.29 is 14.1 Å². The summed E-state index contributed by atoms with van der Waals surface area (Å²) in [6, 6.07) is 24.9. The molecule has 1 amide bonds. The van der Waals surface area contributed by atoms with Gasteiger partial charge in [0.2, 0.25) is 17.6 Å². The summed E-state index contributed by atoms with van der Waals surface area (Å²) >= 11 is 3.47. The zero-order valence-corrected chi connectivity index (χ0v) is 20.6. The molecule has 0 aliphatic carbocycles. The van der Waals surface area contributed by atoms with E-state index in [-0.39, 0.29) is 11.8 Å². The summed E-state index contributed by atoms with van der Waals surface area (Å²) in [5.74, 6) is 2.47. The molecule has 0 unspecified atom stereocenters. The van der Waals surface area contributed by atoms with E-state index < -0.39 is 0 Å². The number of nitrogens with one attached hydrogen (secondary N) is 1. The Labute approximate surface area is 212 Å². The van der Waals surface area contributed by atoms with Crippen molar-refractivity contribution >= 4 is 27.5 Å². The molecule has 1 saturated heterocycles. The zero-order chi connectivity index (χ0) is 24.0. The molecule has 0 radical (unpaired) electrons. The van der Waals surface area contributed by atoms with E-state index in [0.29, 0.717) is 29.7 Å². The van der Waals surface area contributed by atoms with Gasteiger partial charge in [-0.1, -0.05) is 63.6 Å². The summed E-state index contributed by atoms with van der Waals surface area (Å²) in [5, 5.41) is 7.18. The first kappa shape index (κ1) is 23.3. The smallest absolute Gasteiger partial charge is 0.241 e. The molecule has 1 aromatic heterocycles. The maximum atomic E-state index is 13.0. The Bertz CT molecular complexity index is 1290. The lowest BCUT2D eigenvalue weighted by atomic mass is 9.96. The van der Waals surface area contributed by atoms with Crippen molar-refractivity contribution in [1.82, 2.24) is 15.0 Å².